The van der Waals surface area contributed by atoms with E-state index < -0.39 is 0 Å². The second-order valence-electron chi connectivity index (χ2n) is 2.09. The lowest BCUT2D eigenvalue weighted by Crippen LogP contribution is -2.10. The third-order valence-electron chi connectivity index (χ3n) is 1.04. The van der Waals surface area contributed by atoms with Gasteiger partial charge in [-0.1, -0.05) is 0 Å². The second-order valence-corrected chi connectivity index (χ2v) is 2.09. The van der Waals surface area contributed by atoms with Crippen LogP contribution in [0.2, 0.25) is 0 Å². The SMILES string of the molecule is COC.O=C1CCCCO1. The van der Waals surface area contributed by atoms with E-state index in [1.54, 1.807) is 14.2 Å². The number of rotatable bonds is 0. The number of carbonyl (C=O) groups excluding carboxylic acids is 1. The predicted octanol–water partition coefficient (Wildman–Crippen LogP) is 0.976. The Labute approximate surface area is 61.3 Å². The van der Waals surface area contributed by atoms with Crippen LogP contribution in [0.4, 0.5) is 0 Å². The third kappa shape index (κ3) is 5.56. The first-order valence-electron chi connectivity index (χ1n) is 3.37. The molecule has 0 bridgehead atoms. The summed E-state index contributed by atoms with van der Waals surface area (Å²) in [5.41, 5.74) is 0. The highest BCUT2D eigenvalue weighted by Crippen LogP contribution is 2.04. The van der Waals surface area contributed by atoms with E-state index in [1.807, 2.05) is 0 Å². The lowest BCUT2D eigenvalue weighted by Gasteiger charge is -2.08. The van der Waals surface area contributed by atoms with Crippen molar-refractivity contribution in [2.75, 3.05) is 20.8 Å². The summed E-state index contributed by atoms with van der Waals surface area (Å²) in [5.74, 6) is -0.0359. The summed E-state index contributed by atoms with van der Waals surface area (Å²) in [5, 5.41) is 0. The summed E-state index contributed by atoms with van der Waals surface area (Å²) in [6.45, 7) is 0.638. The molecule has 0 amide bonds. The van der Waals surface area contributed by atoms with Crippen molar-refractivity contribution in [3.63, 3.8) is 0 Å². The number of esters is 1. The van der Waals surface area contributed by atoms with Crippen LogP contribution in [0.3, 0.4) is 0 Å². The van der Waals surface area contributed by atoms with E-state index in [0.29, 0.717) is 13.0 Å². The Kier molecular flexibility index (Phi) is 6.18. The minimum absolute atomic E-state index is 0.0359. The Hall–Kier alpha value is -0.570. The van der Waals surface area contributed by atoms with Crippen LogP contribution in [0.1, 0.15) is 19.3 Å². The van der Waals surface area contributed by atoms with Crippen molar-refractivity contribution in [1.29, 1.82) is 0 Å². The van der Waals surface area contributed by atoms with E-state index in [9.17, 15) is 4.79 Å². The van der Waals surface area contributed by atoms with Gasteiger partial charge in [0, 0.05) is 20.6 Å². The van der Waals surface area contributed by atoms with Crippen LogP contribution in [0.25, 0.3) is 0 Å². The fraction of sp³-hybridized carbons (Fsp3) is 0.857. The maximum absolute atomic E-state index is 10.2. The molecule has 0 unspecified atom stereocenters. The first kappa shape index (κ1) is 9.43. The van der Waals surface area contributed by atoms with Gasteiger partial charge in [-0.2, -0.15) is 0 Å². The molecule has 0 saturated carbocycles. The molecule has 1 aliphatic rings. The van der Waals surface area contributed by atoms with Crippen molar-refractivity contribution in [1.82, 2.24) is 0 Å². The third-order valence-corrected chi connectivity index (χ3v) is 1.04. The average Bonchev–Trinajstić information content (AvgIpc) is 1.91. The van der Waals surface area contributed by atoms with Crippen molar-refractivity contribution < 1.29 is 14.3 Å². The van der Waals surface area contributed by atoms with Crippen molar-refractivity contribution in [3.8, 4) is 0 Å². The molecule has 0 spiro atoms. The first-order chi connectivity index (χ1) is 4.81. The summed E-state index contributed by atoms with van der Waals surface area (Å²) in [6.07, 6.45) is 2.69. The minimum atomic E-state index is -0.0359. The molecule has 0 N–H and O–H groups in total. The van der Waals surface area contributed by atoms with Crippen LogP contribution in [-0.4, -0.2) is 26.8 Å². The van der Waals surface area contributed by atoms with Gasteiger partial charge in [0.25, 0.3) is 0 Å². The molecule has 0 aromatic heterocycles. The van der Waals surface area contributed by atoms with Crippen LogP contribution in [0, 0.1) is 0 Å². The second kappa shape index (κ2) is 6.55. The molecule has 0 radical (unpaired) electrons. The number of hydrogen-bond acceptors (Lipinski definition) is 3. The molecule has 0 aliphatic carbocycles. The maximum Gasteiger partial charge on any atom is 0.305 e. The van der Waals surface area contributed by atoms with Crippen LogP contribution in [-0.2, 0) is 14.3 Å². The van der Waals surface area contributed by atoms with Crippen molar-refractivity contribution >= 4 is 5.97 Å². The van der Waals surface area contributed by atoms with Crippen LogP contribution in [0.15, 0.2) is 0 Å². The van der Waals surface area contributed by atoms with Gasteiger partial charge >= 0.3 is 5.97 Å². The van der Waals surface area contributed by atoms with Gasteiger partial charge in [0.05, 0.1) is 6.61 Å². The fourth-order valence-corrected chi connectivity index (χ4v) is 0.630. The Morgan fingerprint density at radius 1 is 1.40 bits per heavy atom. The molecule has 1 heterocycles. The highest BCUT2D eigenvalue weighted by Gasteiger charge is 2.06. The van der Waals surface area contributed by atoms with Gasteiger partial charge in [0.1, 0.15) is 0 Å². The lowest BCUT2D eigenvalue weighted by atomic mass is 10.2. The highest BCUT2D eigenvalue weighted by molar-refractivity contribution is 5.69. The van der Waals surface area contributed by atoms with Gasteiger partial charge < -0.3 is 9.47 Å². The van der Waals surface area contributed by atoms with E-state index >= 15 is 0 Å². The van der Waals surface area contributed by atoms with E-state index in [4.69, 9.17) is 0 Å². The van der Waals surface area contributed by atoms with Gasteiger partial charge in [-0.3, -0.25) is 4.79 Å². The van der Waals surface area contributed by atoms with E-state index in [2.05, 4.69) is 9.47 Å². The summed E-state index contributed by atoms with van der Waals surface area (Å²) < 4.78 is 8.89. The number of carbonyl (C=O) groups is 1. The average molecular weight is 146 g/mol. The van der Waals surface area contributed by atoms with Gasteiger partial charge in [0.2, 0.25) is 0 Å². The Bertz CT molecular complexity index is 82.9. The zero-order chi connectivity index (χ0) is 7.82. The molecule has 60 valence electrons. The molecular formula is C7H14O3. The smallest absolute Gasteiger partial charge is 0.305 e. The van der Waals surface area contributed by atoms with E-state index in [-0.39, 0.29) is 5.97 Å². The zero-order valence-corrected chi connectivity index (χ0v) is 6.55. The molecule has 1 saturated heterocycles. The molecule has 0 aromatic rings. The van der Waals surface area contributed by atoms with Crippen molar-refractivity contribution in [2.24, 2.45) is 0 Å². The maximum atomic E-state index is 10.2. The highest BCUT2D eigenvalue weighted by atomic mass is 16.5. The summed E-state index contributed by atoms with van der Waals surface area (Å²) in [7, 11) is 3.25. The molecule has 0 atom stereocenters. The quantitative estimate of drug-likeness (QED) is 0.478. The summed E-state index contributed by atoms with van der Waals surface area (Å²) in [6, 6.07) is 0. The van der Waals surface area contributed by atoms with Gasteiger partial charge in [-0.15, -0.1) is 0 Å². The molecule has 1 aliphatic heterocycles. The lowest BCUT2D eigenvalue weighted by molar-refractivity contribution is -0.146. The van der Waals surface area contributed by atoms with Crippen LogP contribution >= 0.6 is 0 Å². The Balaban J connectivity index is 0.000000236. The topological polar surface area (TPSA) is 35.5 Å². The van der Waals surface area contributed by atoms with Crippen molar-refractivity contribution in [2.45, 2.75) is 19.3 Å². The van der Waals surface area contributed by atoms with Crippen LogP contribution in [0.5, 0.6) is 0 Å². The van der Waals surface area contributed by atoms with Gasteiger partial charge in [0.15, 0.2) is 0 Å². The standard InChI is InChI=1S/C5H8O2.C2H6O/c6-5-3-1-2-4-7-5;1-3-2/h1-4H2;1-2H3. The normalized spacial score (nSPS) is 16.8. The molecule has 3 nitrogen and oxygen atoms in total. The molecule has 0 aromatic carbocycles. The molecule has 1 rings (SSSR count). The van der Waals surface area contributed by atoms with Crippen molar-refractivity contribution in [3.05, 3.63) is 0 Å². The van der Waals surface area contributed by atoms with Crippen LogP contribution < -0.4 is 0 Å². The summed E-state index contributed by atoms with van der Waals surface area (Å²) >= 11 is 0. The first-order valence-corrected chi connectivity index (χ1v) is 3.37. The molecule has 10 heavy (non-hydrogen) atoms. The number of methoxy groups -OCH3 is 1. The molecule has 1 fully saturated rings. The van der Waals surface area contributed by atoms with E-state index in [0.717, 1.165) is 12.8 Å². The van der Waals surface area contributed by atoms with E-state index in [1.165, 1.54) is 0 Å². The zero-order valence-electron chi connectivity index (χ0n) is 6.55. The number of ether oxygens (including phenoxy) is 2. The van der Waals surface area contributed by atoms with Gasteiger partial charge in [-0.25, -0.2) is 0 Å². The largest absolute Gasteiger partial charge is 0.466 e. The molecule has 3 heteroatoms. The fourth-order valence-electron chi connectivity index (χ4n) is 0.630. The Morgan fingerprint density at radius 2 is 2.00 bits per heavy atom. The summed E-state index contributed by atoms with van der Waals surface area (Å²) in [4.78, 5) is 10.2. The monoisotopic (exact) mass is 146 g/mol. The van der Waals surface area contributed by atoms with Gasteiger partial charge in [-0.05, 0) is 12.8 Å². The minimum Gasteiger partial charge on any atom is -0.466 e. The number of hydrogen-bond donors (Lipinski definition) is 0. The molecular weight excluding hydrogens is 132 g/mol. The Morgan fingerprint density at radius 3 is 2.20 bits per heavy atom. The predicted molar refractivity (Wildman–Crippen MR) is 37.7 cm³/mol. The number of cyclic esters (lactones) is 1.